The third-order valence-electron chi connectivity index (χ3n) is 3.75. The van der Waals surface area contributed by atoms with E-state index >= 15 is 0 Å². The molecule has 1 N–H and O–H groups in total. The quantitative estimate of drug-likeness (QED) is 0.668. The van der Waals surface area contributed by atoms with Gasteiger partial charge in [-0.3, -0.25) is 0 Å². The van der Waals surface area contributed by atoms with Gasteiger partial charge in [0.1, 0.15) is 9.84 Å². The minimum atomic E-state index is -2.81. The molecule has 4 heteroatoms. The lowest BCUT2D eigenvalue weighted by atomic mass is 9.88. The lowest BCUT2D eigenvalue weighted by Gasteiger charge is -2.28. The highest BCUT2D eigenvalue weighted by molar-refractivity contribution is 7.91. The average molecular weight is 277 g/mol. The summed E-state index contributed by atoms with van der Waals surface area (Å²) in [5, 5.41) is 3.56. The van der Waals surface area contributed by atoms with E-state index < -0.39 is 9.84 Å². The first-order valence-electron chi connectivity index (χ1n) is 7.27. The van der Waals surface area contributed by atoms with Crippen LogP contribution in [0.3, 0.4) is 0 Å². The van der Waals surface area contributed by atoms with Gasteiger partial charge in [-0.2, -0.15) is 0 Å². The van der Waals surface area contributed by atoms with E-state index in [0.29, 0.717) is 23.6 Å². The van der Waals surface area contributed by atoms with Gasteiger partial charge in [-0.1, -0.05) is 34.6 Å². The van der Waals surface area contributed by atoms with Gasteiger partial charge in [-0.05, 0) is 37.6 Å². The largest absolute Gasteiger partial charge is 0.314 e. The standard InChI is InChI=1S/C14H31NO2S/c1-6-10-15-14(13(5)12(3)4)9-8-11-18(16,17)7-2/h12-15H,6-11H2,1-5H3. The van der Waals surface area contributed by atoms with Crippen molar-refractivity contribution in [2.75, 3.05) is 18.1 Å². The van der Waals surface area contributed by atoms with Gasteiger partial charge in [0, 0.05) is 11.8 Å². The highest BCUT2D eigenvalue weighted by Crippen LogP contribution is 2.18. The van der Waals surface area contributed by atoms with E-state index in [0.717, 1.165) is 25.8 Å². The summed E-state index contributed by atoms with van der Waals surface area (Å²) in [4.78, 5) is 0. The van der Waals surface area contributed by atoms with Crippen LogP contribution in [0.4, 0.5) is 0 Å². The topological polar surface area (TPSA) is 46.2 Å². The van der Waals surface area contributed by atoms with Crippen LogP contribution >= 0.6 is 0 Å². The van der Waals surface area contributed by atoms with Crippen LogP contribution in [0, 0.1) is 11.8 Å². The third-order valence-corrected chi connectivity index (χ3v) is 5.54. The lowest BCUT2D eigenvalue weighted by molar-refractivity contribution is 0.284. The molecule has 0 heterocycles. The van der Waals surface area contributed by atoms with Crippen LogP contribution in [0.25, 0.3) is 0 Å². The van der Waals surface area contributed by atoms with Gasteiger partial charge < -0.3 is 5.32 Å². The predicted molar refractivity (Wildman–Crippen MR) is 79.6 cm³/mol. The monoisotopic (exact) mass is 277 g/mol. The van der Waals surface area contributed by atoms with Crippen LogP contribution in [-0.2, 0) is 9.84 Å². The first kappa shape index (κ1) is 17.9. The second kappa shape index (κ2) is 8.92. The Kier molecular flexibility index (Phi) is 8.87. The molecule has 0 aliphatic carbocycles. The van der Waals surface area contributed by atoms with Gasteiger partial charge in [0.25, 0.3) is 0 Å². The van der Waals surface area contributed by atoms with Crippen LogP contribution in [-0.4, -0.2) is 32.5 Å². The maximum absolute atomic E-state index is 11.5. The highest BCUT2D eigenvalue weighted by Gasteiger charge is 2.20. The predicted octanol–water partition coefficient (Wildman–Crippen LogP) is 2.86. The first-order chi connectivity index (χ1) is 8.34. The summed E-state index contributed by atoms with van der Waals surface area (Å²) < 4.78 is 23.0. The summed E-state index contributed by atoms with van der Waals surface area (Å²) in [5.74, 6) is 1.81. The molecule has 0 rings (SSSR count). The normalized spacial score (nSPS) is 15.9. The number of rotatable bonds is 10. The fourth-order valence-corrected chi connectivity index (χ4v) is 2.91. The summed E-state index contributed by atoms with van der Waals surface area (Å²) in [6, 6.07) is 0.442. The summed E-state index contributed by atoms with van der Waals surface area (Å²) in [7, 11) is -2.81. The molecular formula is C14H31NO2S. The zero-order chi connectivity index (χ0) is 14.2. The average Bonchev–Trinajstić information content (AvgIpc) is 2.32. The highest BCUT2D eigenvalue weighted by atomic mass is 32.2. The fraction of sp³-hybridized carbons (Fsp3) is 1.00. The van der Waals surface area contributed by atoms with Crippen molar-refractivity contribution < 1.29 is 8.42 Å². The van der Waals surface area contributed by atoms with Gasteiger partial charge >= 0.3 is 0 Å². The van der Waals surface area contributed by atoms with E-state index in [2.05, 4.69) is 33.0 Å². The van der Waals surface area contributed by atoms with Crippen molar-refractivity contribution >= 4 is 9.84 Å². The molecule has 3 nitrogen and oxygen atoms in total. The lowest BCUT2D eigenvalue weighted by Crippen LogP contribution is -2.38. The first-order valence-corrected chi connectivity index (χ1v) is 9.10. The van der Waals surface area contributed by atoms with Crippen LogP contribution in [0.15, 0.2) is 0 Å². The van der Waals surface area contributed by atoms with Gasteiger partial charge in [-0.25, -0.2) is 8.42 Å². The fourth-order valence-electron chi connectivity index (χ4n) is 2.01. The Morgan fingerprint density at radius 2 is 1.72 bits per heavy atom. The molecule has 18 heavy (non-hydrogen) atoms. The van der Waals surface area contributed by atoms with Crippen molar-refractivity contribution in [2.24, 2.45) is 11.8 Å². The van der Waals surface area contributed by atoms with Gasteiger partial charge in [-0.15, -0.1) is 0 Å². The summed E-state index contributed by atoms with van der Waals surface area (Å²) >= 11 is 0. The zero-order valence-electron chi connectivity index (χ0n) is 12.7. The summed E-state index contributed by atoms with van der Waals surface area (Å²) in [5.41, 5.74) is 0. The zero-order valence-corrected chi connectivity index (χ0v) is 13.5. The van der Waals surface area contributed by atoms with Crippen LogP contribution in [0.2, 0.25) is 0 Å². The molecule has 110 valence electrons. The third kappa shape index (κ3) is 7.37. The molecule has 0 amide bonds. The van der Waals surface area contributed by atoms with Gasteiger partial charge in [0.2, 0.25) is 0 Å². The molecule has 0 spiro atoms. The van der Waals surface area contributed by atoms with Crippen molar-refractivity contribution in [2.45, 2.75) is 59.9 Å². The minimum Gasteiger partial charge on any atom is -0.314 e. The molecule has 0 saturated carbocycles. The SMILES string of the molecule is CCCNC(CCCS(=O)(=O)CC)C(C)C(C)C. The molecule has 0 aliphatic rings. The van der Waals surface area contributed by atoms with Crippen molar-refractivity contribution in [1.82, 2.24) is 5.32 Å². The molecule has 0 aromatic heterocycles. The maximum Gasteiger partial charge on any atom is 0.150 e. The summed E-state index contributed by atoms with van der Waals surface area (Å²) in [6.07, 6.45) is 2.85. The Hall–Kier alpha value is -0.0900. The Balaban J connectivity index is 4.24. The van der Waals surface area contributed by atoms with Gasteiger partial charge in [0.05, 0.1) is 5.75 Å². The van der Waals surface area contributed by atoms with Crippen molar-refractivity contribution in [3.63, 3.8) is 0 Å². The number of sulfone groups is 1. The Morgan fingerprint density at radius 1 is 1.11 bits per heavy atom. The molecule has 0 radical (unpaired) electrons. The molecule has 2 atom stereocenters. The summed E-state index contributed by atoms with van der Waals surface area (Å²) in [6.45, 7) is 11.6. The van der Waals surface area contributed by atoms with Crippen molar-refractivity contribution in [3.8, 4) is 0 Å². The number of hydrogen-bond acceptors (Lipinski definition) is 3. The molecule has 2 unspecified atom stereocenters. The van der Waals surface area contributed by atoms with Crippen molar-refractivity contribution in [1.29, 1.82) is 0 Å². The van der Waals surface area contributed by atoms with E-state index in [-0.39, 0.29) is 5.75 Å². The Labute approximate surface area is 114 Å². The van der Waals surface area contributed by atoms with Crippen molar-refractivity contribution in [3.05, 3.63) is 0 Å². The number of nitrogens with one attached hydrogen (secondary N) is 1. The number of hydrogen-bond donors (Lipinski definition) is 1. The molecule has 0 saturated heterocycles. The maximum atomic E-state index is 11.5. The van der Waals surface area contributed by atoms with Crippen LogP contribution in [0.1, 0.15) is 53.9 Å². The van der Waals surface area contributed by atoms with E-state index in [9.17, 15) is 8.42 Å². The smallest absolute Gasteiger partial charge is 0.150 e. The molecule has 0 aromatic rings. The second-order valence-electron chi connectivity index (χ2n) is 5.54. The molecule has 0 aromatic carbocycles. The Morgan fingerprint density at radius 3 is 2.17 bits per heavy atom. The molecular weight excluding hydrogens is 246 g/mol. The van der Waals surface area contributed by atoms with Crippen LogP contribution < -0.4 is 5.32 Å². The minimum absolute atomic E-state index is 0.264. The Bertz CT molecular complexity index is 299. The molecule has 0 fully saturated rings. The van der Waals surface area contributed by atoms with E-state index in [1.54, 1.807) is 6.92 Å². The van der Waals surface area contributed by atoms with E-state index in [1.807, 2.05) is 0 Å². The van der Waals surface area contributed by atoms with Crippen LogP contribution in [0.5, 0.6) is 0 Å². The van der Waals surface area contributed by atoms with E-state index in [4.69, 9.17) is 0 Å². The molecule has 0 aliphatic heterocycles. The van der Waals surface area contributed by atoms with Gasteiger partial charge in [0.15, 0.2) is 0 Å². The molecule has 0 bridgehead atoms. The van der Waals surface area contributed by atoms with E-state index in [1.165, 1.54) is 0 Å². The second-order valence-corrected chi connectivity index (χ2v) is 8.02.